The maximum absolute atomic E-state index is 9.65. The van der Waals surface area contributed by atoms with Crippen LogP contribution in [0.1, 0.15) is 33.6 Å². The maximum atomic E-state index is 9.65. The van der Waals surface area contributed by atoms with E-state index in [4.69, 9.17) is 10.5 Å². The van der Waals surface area contributed by atoms with Gasteiger partial charge < -0.3 is 5.11 Å². The summed E-state index contributed by atoms with van der Waals surface area (Å²) in [5, 5.41) is 26.9. The van der Waals surface area contributed by atoms with Gasteiger partial charge >= 0.3 is 0 Å². The second kappa shape index (κ2) is 5.58. The molecule has 0 rings (SSSR count). The summed E-state index contributed by atoms with van der Waals surface area (Å²) < 4.78 is 0. The SMILES string of the molecule is C=CC(C)(O)CCC(OO)C(C)(C)OO. The Hall–Kier alpha value is -0.460. The molecule has 0 aromatic carbocycles. The fourth-order valence-corrected chi connectivity index (χ4v) is 1.11. The summed E-state index contributed by atoms with van der Waals surface area (Å²) in [7, 11) is 0. The Labute approximate surface area is 89.8 Å². The van der Waals surface area contributed by atoms with Crippen LogP contribution in [0, 0.1) is 0 Å². The Bertz CT molecular complexity index is 200. The van der Waals surface area contributed by atoms with E-state index in [1.54, 1.807) is 20.8 Å². The van der Waals surface area contributed by atoms with Gasteiger partial charge in [-0.1, -0.05) is 6.08 Å². The highest BCUT2D eigenvalue weighted by Crippen LogP contribution is 2.24. The molecule has 5 heteroatoms. The molecule has 0 bridgehead atoms. The quantitative estimate of drug-likeness (QED) is 0.346. The van der Waals surface area contributed by atoms with Crippen LogP contribution in [-0.4, -0.2) is 32.9 Å². The number of rotatable bonds is 7. The van der Waals surface area contributed by atoms with Crippen molar-refractivity contribution in [1.29, 1.82) is 0 Å². The third kappa shape index (κ3) is 4.72. The first-order chi connectivity index (χ1) is 6.79. The van der Waals surface area contributed by atoms with Crippen LogP contribution in [-0.2, 0) is 9.78 Å². The van der Waals surface area contributed by atoms with Crippen LogP contribution < -0.4 is 0 Å². The first-order valence-electron chi connectivity index (χ1n) is 4.78. The largest absolute Gasteiger partial charge is 0.386 e. The van der Waals surface area contributed by atoms with E-state index < -0.39 is 17.3 Å². The van der Waals surface area contributed by atoms with Gasteiger partial charge in [0.2, 0.25) is 0 Å². The number of hydrogen-bond acceptors (Lipinski definition) is 5. The predicted molar refractivity (Wildman–Crippen MR) is 55.3 cm³/mol. The van der Waals surface area contributed by atoms with E-state index >= 15 is 0 Å². The maximum Gasteiger partial charge on any atom is 0.127 e. The zero-order valence-corrected chi connectivity index (χ0v) is 9.43. The van der Waals surface area contributed by atoms with Gasteiger partial charge in [-0.25, -0.2) is 9.78 Å². The molecule has 90 valence electrons. The van der Waals surface area contributed by atoms with Crippen LogP contribution in [0.5, 0.6) is 0 Å². The first-order valence-corrected chi connectivity index (χ1v) is 4.78. The predicted octanol–water partition coefficient (Wildman–Crippen LogP) is 1.83. The van der Waals surface area contributed by atoms with Crippen molar-refractivity contribution in [2.24, 2.45) is 0 Å². The van der Waals surface area contributed by atoms with E-state index in [-0.39, 0.29) is 0 Å². The van der Waals surface area contributed by atoms with Crippen LogP contribution in [0.2, 0.25) is 0 Å². The Kier molecular flexibility index (Phi) is 5.41. The molecule has 5 nitrogen and oxygen atoms in total. The second-order valence-corrected chi connectivity index (χ2v) is 4.39. The summed E-state index contributed by atoms with van der Waals surface area (Å²) in [5.74, 6) is 0. The van der Waals surface area contributed by atoms with Gasteiger partial charge in [0.05, 0.1) is 5.60 Å². The third-order valence-corrected chi connectivity index (χ3v) is 2.49. The standard InChI is InChI=1S/C10H20O5/c1-5-10(4,11)7-6-8(14-12)9(2,3)15-13/h5,8,11-13H,1,6-7H2,2-4H3. The molecule has 15 heavy (non-hydrogen) atoms. The molecule has 0 aliphatic carbocycles. The summed E-state index contributed by atoms with van der Waals surface area (Å²) >= 11 is 0. The number of aliphatic hydroxyl groups is 1. The zero-order valence-electron chi connectivity index (χ0n) is 9.43. The van der Waals surface area contributed by atoms with Crippen molar-refractivity contribution in [2.45, 2.75) is 50.9 Å². The van der Waals surface area contributed by atoms with Gasteiger partial charge in [0.1, 0.15) is 11.7 Å². The molecular formula is C10H20O5. The normalized spacial score (nSPS) is 18.3. The summed E-state index contributed by atoms with van der Waals surface area (Å²) in [5.41, 5.74) is -2.06. The van der Waals surface area contributed by atoms with Crippen molar-refractivity contribution in [3.8, 4) is 0 Å². The Morgan fingerprint density at radius 3 is 2.20 bits per heavy atom. The Morgan fingerprint density at radius 1 is 1.33 bits per heavy atom. The van der Waals surface area contributed by atoms with Crippen LogP contribution in [0.15, 0.2) is 12.7 Å². The molecule has 0 aromatic rings. The fraction of sp³-hybridized carbons (Fsp3) is 0.800. The van der Waals surface area contributed by atoms with Crippen LogP contribution in [0.25, 0.3) is 0 Å². The van der Waals surface area contributed by atoms with Gasteiger partial charge in [-0.2, -0.15) is 0 Å². The monoisotopic (exact) mass is 220 g/mol. The minimum absolute atomic E-state index is 0.322. The molecule has 2 unspecified atom stereocenters. The van der Waals surface area contributed by atoms with Crippen molar-refractivity contribution in [3.63, 3.8) is 0 Å². The highest BCUT2D eigenvalue weighted by molar-refractivity contribution is 4.93. The first kappa shape index (κ1) is 14.5. The highest BCUT2D eigenvalue weighted by atomic mass is 17.1. The Morgan fingerprint density at radius 2 is 1.87 bits per heavy atom. The summed E-state index contributed by atoms with van der Waals surface area (Å²) in [6.45, 7) is 8.21. The smallest absolute Gasteiger partial charge is 0.127 e. The highest BCUT2D eigenvalue weighted by Gasteiger charge is 2.34. The fourth-order valence-electron chi connectivity index (χ4n) is 1.11. The van der Waals surface area contributed by atoms with E-state index in [1.165, 1.54) is 6.08 Å². The minimum Gasteiger partial charge on any atom is -0.386 e. The molecule has 0 aliphatic heterocycles. The molecule has 0 heterocycles. The molecule has 0 aromatic heterocycles. The molecule has 0 saturated carbocycles. The third-order valence-electron chi connectivity index (χ3n) is 2.49. The molecule has 0 amide bonds. The lowest BCUT2D eigenvalue weighted by atomic mass is 9.91. The molecule has 0 radical (unpaired) electrons. The van der Waals surface area contributed by atoms with Crippen LogP contribution in [0.4, 0.5) is 0 Å². The van der Waals surface area contributed by atoms with Gasteiger partial charge in [-0.3, -0.25) is 10.5 Å². The van der Waals surface area contributed by atoms with Crippen molar-refractivity contribution in [1.82, 2.24) is 0 Å². The summed E-state index contributed by atoms with van der Waals surface area (Å²) in [6, 6.07) is 0. The second-order valence-electron chi connectivity index (χ2n) is 4.39. The van der Waals surface area contributed by atoms with Crippen molar-refractivity contribution in [2.75, 3.05) is 0 Å². The molecule has 0 fully saturated rings. The molecule has 2 atom stereocenters. The lowest BCUT2D eigenvalue weighted by molar-refractivity contribution is -0.384. The molecule has 0 aliphatic rings. The number of hydrogen-bond donors (Lipinski definition) is 3. The molecular weight excluding hydrogens is 200 g/mol. The molecule has 3 N–H and O–H groups in total. The van der Waals surface area contributed by atoms with E-state index in [0.29, 0.717) is 12.8 Å². The van der Waals surface area contributed by atoms with E-state index in [0.717, 1.165) is 0 Å². The van der Waals surface area contributed by atoms with Gasteiger partial charge in [-0.15, -0.1) is 6.58 Å². The zero-order chi connectivity index (χ0) is 12.1. The van der Waals surface area contributed by atoms with Gasteiger partial charge in [0.15, 0.2) is 0 Å². The summed E-state index contributed by atoms with van der Waals surface area (Å²) in [4.78, 5) is 8.41. The average Bonchev–Trinajstić information content (AvgIpc) is 2.18. The average molecular weight is 220 g/mol. The van der Waals surface area contributed by atoms with E-state index in [2.05, 4.69) is 16.4 Å². The minimum atomic E-state index is -1.04. The van der Waals surface area contributed by atoms with Gasteiger partial charge in [0.25, 0.3) is 0 Å². The van der Waals surface area contributed by atoms with Crippen molar-refractivity contribution >= 4 is 0 Å². The van der Waals surface area contributed by atoms with Crippen molar-refractivity contribution in [3.05, 3.63) is 12.7 Å². The molecule has 0 saturated heterocycles. The summed E-state index contributed by atoms with van der Waals surface area (Å²) in [6.07, 6.45) is 1.35. The van der Waals surface area contributed by atoms with E-state index in [9.17, 15) is 5.11 Å². The lowest BCUT2D eigenvalue weighted by Crippen LogP contribution is -2.41. The van der Waals surface area contributed by atoms with Crippen LogP contribution >= 0.6 is 0 Å². The van der Waals surface area contributed by atoms with Gasteiger partial charge in [-0.05, 0) is 33.6 Å². The lowest BCUT2D eigenvalue weighted by Gasteiger charge is -2.30. The molecule has 0 spiro atoms. The topological polar surface area (TPSA) is 79.2 Å². The van der Waals surface area contributed by atoms with Gasteiger partial charge in [0, 0.05) is 0 Å². The Balaban J connectivity index is 4.30. The van der Waals surface area contributed by atoms with E-state index in [1.807, 2.05) is 0 Å². The van der Waals surface area contributed by atoms with Crippen LogP contribution in [0.3, 0.4) is 0 Å². The van der Waals surface area contributed by atoms with Crippen molar-refractivity contribution < 1.29 is 25.4 Å².